The second-order valence-corrected chi connectivity index (χ2v) is 8.29. The summed E-state index contributed by atoms with van der Waals surface area (Å²) in [5, 5.41) is 10.2. The topological polar surface area (TPSA) is 57.7 Å². The molecule has 1 aromatic heterocycles. The third-order valence-electron chi connectivity index (χ3n) is 6.31. The second kappa shape index (κ2) is 9.25. The van der Waals surface area contributed by atoms with Gasteiger partial charge in [-0.2, -0.15) is 0 Å². The van der Waals surface area contributed by atoms with E-state index in [1.54, 1.807) is 7.11 Å². The summed E-state index contributed by atoms with van der Waals surface area (Å²) >= 11 is 0. The lowest BCUT2D eigenvalue weighted by Gasteiger charge is -2.36. The number of para-hydroxylation sites is 1. The largest absolute Gasteiger partial charge is 0.497 e. The van der Waals surface area contributed by atoms with Gasteiger partial charge in [-0.3, -0.25) is 4.90 Å². The molecule has 5 rings (SSSR count). The van der Waals surface area contributed by atoms with E-state index in [0.29, 0.717) is 17.9 Å². The molecule has 2 N–H and O–H groups in total. The number of H-pyrrole nitrogens is 1. The van der Waals surface area contributed by atoms with Crippen LogP contribution in [0.5, 0.6) is 11.5 Å². The first-order chi connectivity index (χ1) is 16.2. The van der Waals surface area contributed by atoms with Gasteiger partial charge in [-0.15, -0.1) is 0 Å². The van der Waals surface area contributed by atoms with Crippen LogP contribution in [0.1, 0.15) is 28.4 Å². The number of hydrogen-bond donors (Lipinski definition) is 2. The van der Waals surface area contributed by atoms with Crippen molar-refractivity contribution in [1.82, 2.24) is 9.88 Å². The summed E-state index contributed by atoms with van der Waals surface area (Å²) in [5.41, 5.74) is 5.13. The average molecular weight is 447 g/mol. The molecule has 4 aromatic rings. The third-order valence-corrected chi connectivity index (χ3v) is 6.31. The van der Waals surface area contributed by atoms with Crippen molar-refractivity contribution >= 4 is 10.9 Å². The fraction of sp³-hybridized carbons (Fsp3) is 0.259. The highest BCUT2D eigenvalue weighted by Crippen LogP contribution is 2.40. The fourth-order valence-electron chi connectivity index (χ4n) is 4.76. The predicted octanol–water partition coefficient (Wildman–Crippen LogP) is 4.83. The molecule has 0 radical (unpaired) electrons. The van der Waals surface area contributed by atoms with Crippen molar-refractivity contribution in [1.29, 1.82) is 0 Å². The number of nitrogens with one attached hydrogen (secondary N) is 1. The first-order valence-electron chi connectivity index (χ1n) is 11.2. The molecule has 0 fully saturated rings. The number of rotatable bonds is 7. The lowest BCUT2D eigenvalue weighted by Crippen LogP contribution is -2.36. The van der Waals surface area contributed by atoms with E-state index >= 15 is 4.39 Å². The molecule has 3 aromatic carbocycles. The first kappa shape index (κ1) is 21.5. The minimum Gasteiger partial charge on any atom is -0.497 e. The number of halogens is 1. The smallest absolute Gasteiger partial charge is 0.132 e. The Morgan fingerprint density at radius 2 is 1.85 bits per heavy atom. The maximum absolute atomic E-state index is 15.3. The number of benzene rings is 3. The highest BCUT2D eigenvalue weighted by atomic mass is 19.1. The summed E-state index contributed by atoms with van der Waals surface area (Å²) in [5.74, 6) is 0.958. The molecule has 0 bridgehead atoms. The number of aliphatic hydroxyl groups is 1. The Hall–Kier alpha value is -3.35. The summed E-state index contributed by atoms with van der Waals surface area (Å²) in [4.78, 5) is 5.90. The molecular weight excluding hydrogens is 419 g/mol. The molecule has 0 spiro atoms. The zero-order valence-electron chi connectivity index (χ0n) is 18.6. The van der Waals surface area contributed by atoms with Crippen molar-refractivity contribution in [3.05, 3.63) is 94.9 Å². The van der Waals surface area contributed by atoms with Crippen molar-refractivity contribution in [3.8, 4) is 11.5 Å². The van der Waals surface area contributed by atoms with E-state index in [2.05, 4.69) is 22.0 Å². The number of aliphatic hydroxyl groups excluding tert-OH is 1. The van der Waals surface area contributed by atoms with Crippen LogP contribution in [-0.4, -0.2) is 41.9 Å². The number of fused-ring (bicyclic) bond motifs is 3. The molecule has 33 heavy (non-hydrogen) atoms. The van der Waals surface area contributed by atoms with E-state index in [1.165, 1.54) is 17.0 Å². The Bertz CT molecular complexity index is 1250. The van der Waals surface area contributed by atoms with Crippen LogP contribution in [0.3, 0.4) is 0 Å². The maximum Gasteiger partial charge on any atom is 0.132 e. The molecule has 0 amide bonds. The van der Waals surface area contributed by atoms with Gasteiger partial charge >= 0.3 is 0 Å². The average Bonchev–Trinajstić information content (AvgIpc) is 3.22. The van der Waals surface area contributed by atoms with Crippen LogP contribution in [0.2, 0.25) is 0 Å². The molecular formula is C27H27FN2O3. The highest BCUT2D eigenvalue weighted by molar-refractivity contribution is 5.85. The van der Waals surface area contributed by atoms with Gasteiger partial charge < -0.3 is 19.6 Å². The van der Waals surface area contributed by atoms with Crippen LogP contribution in [0.4, 0.5) is 4.39 Å². The fourth-order valence-corrected chi connectivity index (χ4v) is 4.76. The van der Waals surface area contributed by atoms with Gasteiger partial charge in [0.25, 0.3) is 0 Å². The van der Waals surface area contributed by atoms with Gasteiger partial charge in [-0.25, -0.2) is 4.39 Å². The number of nitrogens with zero attached hydrogens (tertiary/aromatic N) is 1. The van der Waals surface area contributed by atoms with Gasteiger partial charge in [0, 0.05) is 41.3 Å². The maximum atomic E-state index is 15.3. The van der Waals surface area contributed by atoms with Gasteiger partial charge in [-0.1, -0.05) is 36.4 Å². The van der Waals surface area contributed by atoms with Gasteiger partial charge in [0.2, 0.25) is 0 Å². The standard InChI is InChI=1S/C27H27FN2O3/c1-32-20-10-11-23(24(28)16-20)27-26-22(21-4-2-3-5-25(21)29-26)12-13-30(27)17-18-6-8-19(9-7-18)33-15-14-31/h2-11,16,27,29,31H,12-15,17H2,1H3. The summed E-state index contributed by atoms with van der Waals surface area (Å²) in [6, 6.07) is 21.0. The van der Waals surface area contributed by atoms with Crippen molar-refractivity contribution in [2.45, 2.75) is 19.0 Å². The monoisotopic (exact) mass is 446 g/mol. The molecule has 1 unspecified atom stereocenters. The van der Waals surface area contributed by atoms with E-state index in [0.717, 1.165) is 35.5 Å². The van der Waals surface area contributed by atoms with Gasteiger partial charge in [0.05, 0.1) is 19.8 Å². The van der Waals surface area contributed by atoms with E-state index in [4.69, 9.17) is 14.6 Å². The van der Waals surface area contributed by atoms with Gasteiger partial charge in [-0.05, 0) is 41.8 Å². The minimum absolute atomic E-state index is 0.0164. The number of hydrogen-bond acceptors (Lipinski definition) is 4. The molecule has 0 saturated carbocycles. The SMILES string of the molecule is COc1ccc(C2c3[nH]c4ccccc4c3CCN2Cc2ccc(OCCO)cc2)c(F)c1. The minimum atomic E-state index is -0.274. The normalized spacial score (nSPS) is 16.0. The zero-order chi connectivity index (χ0) is 22.8. The molecule has 1 aliphatic heterocycles. The molecule has 0 saturated heterocycles. The summed E-state index contributed by atoms with van der Waals surface area (Å²) in [7, 11) is 1.55. The zero-order valence-corrected chi connectivity index (χ0v) is 18.6. The summed E-state index contributed by atoms with van der Waals surface area (Å²) < 4.78 is 26.0. The Labute approximate surface area is 192 Å². The van der Waals surface area contributed by atoms with Crippen LogP contribution < -0.4 is 9.47 Å². The molecule has 0 aliphatic carbocycles. The summed E-state index contributed by atoms with van der Waals surface area (Å²) in [6.45, 7) is 1.74. The number of aromatic amines is 1. The Balaban J connectivity index is 1.53. The Morgan fingerprint density at radius 3 is 2.61 bits per heavy atom. The van der Waals surface area contributed by atoms with Crippen LogP contribution in [-0.2, 0) is 13.0 Å². The highest BCUT2D eigenvalue weighted by Gasteiger charge is 2.33. The molecule has 5 nitrogen and oxygen atoms in total. The quantitative estimate of drug-likeness (QED) is 0.427. The van der Waals surface area contributed by atoms with Crippen molar-refractivity contribution in [2.24, 2.45) is 0 Å². The van der Waals surface area contributed by atoms with E-state index in [-0.39, 0.29) is 25.1 Å². The number of aromatic nitrogens is 1. The van der Waals surface area contributed by atoms with Crippen LogP contribution in [0.15, 0.2) is 66.7 Å². The van der Waals surface area contributed by atoms with E-state index < -0.39 is 0 Å². The molecule has 2 heterocycles. The number of methoxy groups -OCH3 is 1. The van der Waals surface area contributed by atoms with E-state index in [1.807, 2.05) is 48.5 Å². The molecule has 1 atom stereocenters. The second-order valence-electron chi connectivity index (χ2n) is 8.29. The van der Waals surface area contributed by atoms with Crippen molar-refractivity contribution in [2.75, 3.05) is 26.9 Å². The third kappa shape index (κ3) is 4.19. The van der Waals surface area contributed by atoms with Crippen LogP contribution in [0.25, 0.3) is 10.9 Å². The van der Waals surface area contributed by atoms with Crippen molar-refractivity contribution in [3.63, 3.8) is 0 Å². The van der Waals surface area contributed by atoms with Crippen LogP contribution in [0, 0.1) is 5.82 Å². The lowest BCUT2D eigenvalue weighted by molar-refractivity contribution is 0.197. The first-order valence-corrected chi connectivity index (χ1v) is 11.2. The van der Waals surface area contributed by atoms with Crippen molar-refractivity contribution < 1.29 is 19.0 Å². The van der Waals surface area contributed by atoms with Gasteiger partial charge in [0.1, 0.15) is 23.9 Å². The molecule has 1 aliphatic rings. The Morgan fingerprint density at radius 1 is 1.06 bits per heavy atom. The van der Waals surface area contributed by atoms with Gasteiger partial charge in [0.15, 0.2) is 0 Å². The molecule has 6 heteroatoms. The Kier molecular flexibility index (Phi) is 6.03. The lowest BCUT2D eigenvalue weighted by atomic mass is 9.91. The van der Waals surface area contributed by atoms with E-state index in [9.17, 15) is 0 Å². The predicted molar refractivity (Wildman–Crippen MR) is 126 cm³/mol. The molecule has 170 valence electrons. The van der Waals surface area contributed by atoms with Crippen LogP contribution >= 0.6 is 0 Å². The number of ether oxygens (including phenoxy) is 2. The summed E-state index contributed by atoms with van der Waals surface area (Å²) in [6.07, 6.45) is 0.894.